The summed E-state index contributed by atoms with van der Waals surface area (Å²) in [4.78, 5) is 15.0. The maximum atomic E-state index is 13.5. The van der Waals surface area contributed by atoms with Gasteiger partial charge in [0.05, 0.1) is 17.0 Å². The third kappa shape index (κ3) is 3.78. The number of hydrogen-bond donors (Lipinski definition) is 0. The third-order valence-corrected chi connectivity index (χ3v) is 8.57. The first-order valence-electron chi connectivity index (χ1n) is 9.12. The zero-order chi connectivity index (χ0) is 21.5. The smallest absolute Gasteiger partial charge is 0.265 e. The number of fused-ring (bicyclic) bond motifs is 1. The molecule has 0 bridgehead atoms. The van der Waals surface area contributed by atoms with Crippen molar-refractivity contribution in [1.82, 2.24) is 9.21 Å². The molecule has 0 saturated carbocycles. The van der Waals surface area contributed by atoms with Crippen LogP contribution in [0.25, 0.3) is 10.1 Å². The van der Waals surface area contributed by atoms with Gasteiger partial charge in [-0.3, -0.25) is 4.79 Å². The van der Waals surface area contributed by atoms with Crippen LogP contribution in [0.4, 0.5) is 4.39 Å². The predicted molar refractivity (Wildman–Crippen MR) is 114 cm³/mol. The second kappa shape index (κ2) is 8.14. The number of halogens is 2. The van der Waals surface area contributed by atoms with Gasteiger partial charge in [-0.15, -0.1) is 11.3 Å². The van der Waals surface area contributed by atoms with E-state index in [2.05, 4.69) is 0 Å². The molecule has 3 aromatic rings. The molecule has 0 aliphatic carbocycles. The molecule has 1 aliphatic rings. The Kier molecular flexibility index (Phi) is 5.71. The Balaban J connectivity index is 1.49. The zero-order valence-corrected chi connectivity index (χ0v) is 18.4. The molecule has 0 N–H and O–H groups in total. The fourth-order valence-corrected chi connectivity index (χ4v) is 6.28. The predicted octanol–water partition coefficient (Wildman–Crippen LogP) is 3.85. The Morgan fingerprint density at radius 2 is 1.77 bits per heavy atom. The van der Waals surface area contributed by atoms with Gasteiger partial charge in [0.2, 0.25) is 10.0 Å². The molecule has 1 aromatic heterocycles. The Bertz CT molecular complexity index is 1200. The number of sulfonamides is 1. The first-order chi connectivity index (χ1) is 14.3. The molecule has 30 heavy (non-hydrogen) atoms. The molecule has 158 valence electrons. The Morgan fingerprint density at radius 1 is 1.10 bits per heavy atom. The number of methoxy groups -OCH3 is 1. The van der Waals surface area contributed by atoms with Crippen molar-refractivity contribution in [2.24, 2.45) is 0 Å². The minimum atomic E-state index is -3.66. The number of benzene rings is 2. The molecule has 0 spiro atoms. The standard InChI is InChI=1S/C20H18ClFN2O4S2/c1-28-14-3-5-15(6-4-14)30(26,27)24-10-8-23(9-11-24)20(25)19-18(21)16-7-2-13(22)12-17(16)29-19/h2-7,12H,8-11H2,1H3. The van der Waals surface area contributed by atoms with Gasteiger partial charge < -0.3 is 9.64 Å². The van der Waals surface area contributed by atoms with Crippen LogP contribution in [0.5, 0.6) is 5.75 Å². The van der Waals surface area contributed by atoms with Crippen LogP contribution in [0.2, 0.25) is 5.02 Å². The highest BCUT2D eigenvalue weighted by Gasteiger charge is 2.32. The van der Waals surface area contributed by atoms with Gasteiger partial charge in [-0.05, 0) is 42.5 Å². The summed E-state index contributed by atoms with van der Waals surface area (Å²) in [5, 5.41) is 0.931. The number of ether oxygens (including phenoxy) is 1. The van der Waals surface area contributed by atoms with Gasteiger partial charge in [0.1, 0.15) is 16.4 Å². The van der Waals surface area contributed by atoms with Crippen molar-refractivity contribution in [3.63, 3.8) is 0 Å². The second-order valence-corrected chi connectivity index (χ2v) is 10.1. The van der Waals surface area contributed by atoms with Crippen molar-refractivity contribution in [3.05, 3.63) is 58.2 Å². The molecular weight excluding hydrogens is 451 g/mol. The van der Waals surface area contributed by atoms with Gasteiger partial charge in [-0.1, -0.05) is 11.6 Å². The third-order valence-electron chi connectivity index (χ3n) is 5.01. The topological polar surface area (TPSA) is 66.9 Å². The number of nitrogens with zero attached hydrogens (tertiary/aromatic N) is 2. The minimum Gasteiger partial charge on any atom is -0.497 e. The van der Waals surface area contributed by atoms with Gasteiger partial charge in [-0.25, -0.2) is 12.8 Å². The normalized spacial score (nSPS) is 15.5. The lowest BCUT2D eigenvalue weighted by molar-refractivity contribution is 0.0703. The average molecular weight is 469 g/mol. The van der Waals surface area contributed by atoms with Crippen LogP contribution in [-0.4, -0.2) is 56.8 Å². The maximum absolute atomic E-state index is 13.5. The number of carbonyl (C=O) groups is 1. The van der Waals surface area contributed by atoms with Gasteiger partial charge in [0.25, 0.3) is 5.91 Å². The van der Waals surface area contributed by atoms with E-state index in [0.717, 1.165) is 11.3 Å². The summed E-state index contributed by atoms with van der Waals surface area (Å²) in [6, 6.07) is 10.4. The van der Waals surface area contributed by atoms with E-state index in [4.69, 9.17) is 16.3 Å². The SMILES string of the molecule is COc1ccc(S(=O)(=O)N2CCN(C(=O)c3sc4cc(F)ccc4c3Cl)CC2)cc1. The quantitative estimate of drug-likeness (QED) is 0.583. The van der Waals surface area contributed by atoms with E-state index in [-0.39, 0.29) is 37.0 Å². The second-order valence-electron chi connectivity index (χ2n) is 6.76. The van der Waals surface area contributed by atoms with E-state index in [9.17, 15) is 17.6 Å². The first-order valence-corrected chi connectivity index (χ1v) is 11.8. The first kappa shape index (κ1) is 21.0. The summed E-state index contributed by atoms with van der Waals surface area (Å²) in [7, 11) is -2.15. The molecule has 6 nitrogen and oxygen atoms in total. The Hall–Kier alpha value is -2.20. The van der Waals surface area contributed by atoms with Crippen LogP contribution in [0.1, 0.15) is 9.67 Å². The lowest BCUT2D eigenvalue weighted by Gasteiger charge is -2.33. The Labute approximate surface area is 182 Å². The molecule has 10 heteroatoms. The highest BCUT2D eigenvalue weighted by Crippen LogP contribution is 2.36. The van der Waals surface area contributed by atoms with Gasteiger partial charge >= 0.3 is 0 Å². The summed E-state index contributed by atoms with van der Waals surface area (Å²) < 4.78 is 46.2. The van der Waals surface area contributed by atoms with E-state index in [1.165, 1.54) is 35.7 Å². The molecule has 0 atom stereocenters. The number of piperazine rings is 1. The van der Waals surface area contributed by atoms with Crippen molar-refractivity contribution in [2.75, 3.05) is 33.3 Å². The van der Waals surface area contributed by atoms with E-state index < -0.39 is 15.8 Å². The summed E-state index contributed by atoms with van der Waals surface area (Å²) in [6.07, 6.45) is 0. The van der Waals surface area contributed by atoms with Crippen LogP contribution >= 0.6 is 22.9 Å². The van der Waals surface area contributed by atoms with Crippen molar-refractivity contribution >= 4 is 49.0 Å². The summed E-state index contributed by atoms with van der Waals surface area (Å²) in [5.41, 5.74) is 0. The lowest BCUT2D eigenvalue weighted by atomic mass is 10.2. The summed E-state index contributed by atoms with van der Waals surface area (Å²) in [6.45, 7) is 0.842. The Morgan fingerprint density at radius 3 is 2.40 bits per heavy atom. The van der Waals surface area contributed by atoms with Crippen molar-refractivity contribution in [3.8, 4) is 5.75 Å². The number of hydrogen-bond acceptors (Lipinski definition) is 5. The molecule has 0 unspecified atom stereocenters. The van der Waals surface area contributed by atoms with E-state index >= 15 is 0 Å². The molecule has 1 fully saturated rings. The number of rotatable bonds is 4. The van der Waals surface area contributed by atoms with Crippen LogP contribution < -0.4 is 4.74 Å². The summed E-state index contributed by atoms with van der Waals surface area (Å²) >= 11 is 7.49. The maximum Gasteiger partial charge on any atom is 0.265 e. The molecule has 1 saturated heterocycles. The molecule has 2 aromatic carbocycles. The van der Waals surface area contributed by atoms with Crippen LogP contribution in [0.15, 0.2) is 47.4 Å². The van der Waals surface area contributed by atoms with Gasteiger partial charge in [0, 0.05) is 36.3 Å². The molecule has 4 rings (SSSR count). The fraction of sp³-hybridized carbons (Fsp3) is 0.250. The molecular formula is C20H18ClFN2O4S2. The van der Waals surface area contributed by atoms with Crippen molar-refractivity contribution in [1.29, 1.82) is 0 Å². The lowest BCUT2D eigenvalue weighted by Crippen LogP contribution is -2.50. The van der Waals surface area contributed by atoms with Crippen molar-refractivity contribution < 1.29 is 22.3 Å². The van der Waals surface area contributed by atoms with E-state index in [1.807, 2.05) is 0 Å². The largest absolute Gasteiger partial charge is 0.497 e. The van der Waals surface area contributed by atoms with Crippen LogP contribution in [0, 0.1) is 5.82 Å². The average Bonchev–Trinajstić information content (AvgIpc) is 3.08. The fourth-order valence-electron chi connectivity index (χ4n) is 3.35. The molecule has 1 aliphatic heterocycles. The monoisotopic (exact) mass is 468 g/mol. The number of carbonyl (C=O) groups excluding carboxylic acids is 1. The summed E-state index contributed by atoms with van der Waals surface area (Å²) in [5.74, 6) is -0.0932. The highest BCUT2D eigenvalue weighted by atomic mass is 35.5. The van der Waals surface area contributed by atoms with Gasteiger partial charge in [-0.2, -0.15) is 4.31 Å². The zero-order valence-electron chi connectivity index (χ0n) is 16.0. The van der Waals surface area contributed by atoms with Crippen LogP contribution in [0.3, 0.4) is 0 Å². The molecule has 0 radical (unpaired) electrons. The number of amides is 1. The number of thiophene rings is 1. The van der Waals surface area contributed by atoms with E-state index in [0.29, 0.717) is 25.7 Å². The van der Waals surface area contributed by atoms with E-state index in [1.54, 1.807) is 23.1 Å². The van der Waals surface area contributed by atoms with Crippen molar-refractivity contribution in [2.45, 2.75) is 4.90 Å². The molecule has 2 heterocycles. The van der Waals surface area contributed by atoms with Crippen LogP contribution in [-0.2, 0) is 10.0 Å². The van der Waals surface area contributed by atoms with Gasteiger partial charge in [0.15, 0.2) is 0 Å². The molecule has 1 amide bonds. The highest BCUT2D eigenvalue weighted by molar-refractivity contribution is 7.89. The minimum absolute atomic E-state index is 0.178.